The van der Waals surface area contributed by atoms with Gasteiger partial charge >= 0.3 is 5.97 Å². The number of carbonyl (C=O) groups is 2. The zero-order valence-corrected chi connectivity index (χ0v) is 12.3. The predicted octanol–water partition coefficient (Wildman–Crippen LogP) is 1.83. The minimum Gasteiger partial charge on any atom is -0.481 e. The van der Waals surface area contributed by atoms with Crippen LogP contribution in [0.25, 0.3) is 0 Å². The van der Waals surface area contributed by atoms with Gasteiger partial charge in [0.2, 0.25) is 5.91 Å². The van der Waals surface area contributed by atoms with Crippen molar-refractivity contribution in [2.24, 2.45) is 11.7 Å². The molecule has 1 aromatic rings. The summed E-state index contributed by atoms with van der Waals surface area (Å²) in [5, 5.41) is 12.5. The highest BCUT2D eigenvalue weighted by Crippen LogP contribution is 2.25. The Morgan fingerprint density at radius 1 is 1.38 bits per heavy atom. The monoisotopic (exact) mass is 290 g/mol. The van der Waals surface area contributed by atoms with E-state index in [9.17, 15) is 9.59 Å². The van der Waals surface area contributed by atoms with Crippen LogP contribution in [-0.2, 0) is 11.3 Å². The average molecular weight is 290 g/mol. The summed E-state index contributed by atoms with van der Waals surface area (Å²) in [4.78, 5) is 22.2. The lowest BCUT2D eigenvalue weighted by molar-refractivity contribution is -0.143. The van der Waals surface area contributed by atoms with E-state index in [4.69, 9.17) is 10.8 Å². The maximum atomic E-state index is 11.1. The summed E-state index contributed by atoms with van der Waals surface area (Å²) in [5.41, 5.74) is 7.90. The third-order valence-corrected chi connectivity index (χ3v) is 4.23. The zero-order chi connectivity index (χ0) is 15.4. The van der Waals surface area contributed by atoms with Crippen molar-refractivity contribution >= 4 is 11.9 Å². The Morgan fingerprint density at radius 2 is 2.14 bits per heavy atom. The van der Waals surface area contributed by atoms with Gasteiger partial charge in [-0.3, -0.25) is 9.59 Å². The molecule has 2 atom stereocenters. The lowest BCUT2D eigenvalue weighted by atomic mass is 9.85. The van der Waals surface area contributed by atoms with Crippen molar-refractivity contribution < 1.29 is 14.7 Å². The van der Waals surface area contributed by atoms with Crippen molar-refractivity contribution in [3.05, 3.63) is 34.9 Å². The SMILES string of the molecule is Cc1cc(C(N)=O)ccc1CNC1CCCC(C(=O)O)C1. The van der Waals surface area contributed by atoms with Crippen molar-refractivity contribution in [3.8, 4) is 0 Å². The van der Waals surface area contributed by atoms with E-state index in [1.54, 1.807) is 12.1 Å². The van der Waals surface area contributed by atoms with Gasteiger partial charge in [0.25, 0.3) is 0 Å². The highest BCUT2D eigenvalue weighted by atomic mass is 16.4. The van der Waals surface area contributed by atoms with Gasteiger partial charge in [0.15, 0.2) is 0 Å². The van der Waals surface area contributed by atoms with Gasteiger partial charge in [0, 0.05) is 18.2 Å². The molecule has 1 amide bonds. The van der Waals surface area contributed by atoms with Crippen molar-refractivity contribution in [3.63, 3.8) is 0 Å². The van der Waals surface area contributed by atoms with Crippen LogP contribution in [0.5, 0.6) is 0 Å². The Balaban J connectivity index is 1.93. The van der Waals surface area contributed by atoms with Gasteiger partial charge in [-0.15, -0.1) is 0 Å². The molecule has 0 bridgehead atoms. The number of primary amides is 1. The number of aliphatic carboxylic acids is 1. The first-order valence-corrected chi connectivity index (χ1v) is 7.33. The summed E-state index contributed by atoms with van der Waals surface area (Å²) in [7, 11) is 0. The molecule has 5 nitrogen and oxygen atoms in total. The van der Waals surface area contributed by atoms with Gasteiger partial charge in [-0.2, -0.15) is 0 Å². The van der Waals surface area contributed by atoms with Gasteiger partial charge in [0.1, 0.15) is 0 Å². The van der Waals surface area contributed by atoms with Gasteiger partial charge in [-0.05, 0) is 49.4 Å². The molecule has 1 saturated carbocycles. The van der Waals surface area contributed by atoms with Crippen LogP contribution in [-0.4, -0.2) is 23.0 Å². The van der Waals surface area contributed by atoms with Gasteiger partial charge in [-0.1, -0.05) is 12.5 Å². The molecule has 0 radical (unpaired) electrons. The Hall–Kier alpha value is -1.88. The van der Waals surface area contributed by atoms with Gasteiger partial charge in [-0.25, -0.2) is 0 Å². The Kier molecular flexibility index (Phi) is 4.96. The van der Waals surface area contributed by atoms with E-state index < -0.39 is 11.9 Å². The Bertz CT molecular complexity index is 542. The Labute approximate surface area is 124 Å². The molecule has 0 heterocycles. The fourth-order valence-electron chi connectivity index (χ4n) is 2.90. The van der Waals surface area contributed by atoms with Crippen molar-refractivity contribution in [2.45, 2.75) is 45.2 Å². The molecular formula is C16H22N2O3. The number of hydrogen-bond donors (Lipinski definition) is 3. The summed E-state index contributed by atoms with van der Waals surface area (Å²) in [6.07, 6.45) is 3.43. The van der Waals surface area contributed by atoms with Crippen molar-refractivity contribution in [2.75, 3.05) is 0 Å². The number of benzene rings is 1. The van der Waals surface area contributed by atoms with E-state index in [0.717, 1.165) is 30.4 Å². The normalized spacial score (nSPS) is 22.0. The standard InChI is InChI=1S/C16H22N2O3/c1-10-7-11(15(17)19)5-6-13(10)9-18-14-4-2-3-12(8-14)16(20)21/h5-7,12,14,18H,2-4,8-9H2,1H3,(H2,17,19)(H,20,21). The van der Waals surface area contributed by atoms with Crippen LogP contribution in [0.2, 0.25) is 0 Å². The van der Waals surface area contributed by atoms with E-state index >= 15 is 0 Å². The molecule has 1 aliphatic rings. The Morgan fingerprint density at radius 3 is 2.76 bits per heavy atom. The fourth-order valence-corrected chi connectivity index (χ4v) is 2.90. The van der Waals surface area contributed by atoms with E-state index in [1.165, 1.54) is 0 Å². The minimum atomic E-state index is -0.691. The summed E-state index contributed by atoms with van der Waals surface area (Å²) in [5.74, 6) is -1.34. The van der Waals surface area contributed by atoms with E-state index in [-0.39, 0.29) is 12.0 Å². The maximum Gasteiger partial charge on any atom is 0.306 e. The summed E-state index contributed by atoms with van der Waals surface area (Å²) in [6, 6.07) is 5.67. The summed E-state index contributed by atoms with van der Waals surface area (Å²) < 4.78 is 0. The number of nitrogens with two attached hydrogens (primary N) is 1. The molecule has 0 aliphatic heterocycles. The number of rotatable bonds is 5. The second kappa shape index (κ2) is 6.72. The van der Waals surface area contributed by atoms with Gasteiger partial charge in [0.05, 0.1) is 5.92 Å². The maximum absolute atomic E-state index is 11.1. The fraction of sp³-hybridized carbons (Fsp3) is 0.500. The zero-order valence-electron chi connectivity index (χ0n) is 12.3. The number of nitrogens with one attached hydrogen (secondary N) is 1. The lowest BCUT2D eigenvalue weighted by Crippen LogP contribution is -2.36. The highest BCUT2D eigenvalue weighted by molar-refractivity contribution is 5.93. The minimum absolute atomic E-state index is 0.227. The molecule has 114 valence electrons. The van der Waals surface area contributed by atoms with Crippen LogP contribution in [0.15, 0.2) is 18.2 Å². The number of aryl methyl sites for hydroxylation is 1. The topological polar surface area (TPSA) is 92.4 Å². The second-order valence-corrected chi connectivity index (χ2v) is 5.79. The van der Waals surface area contributed by atoms with Gasteiger partial charge < -0.3 is 16.2 Å². The number of hydrogen-bond acceptors (Lipinski definition) is 3. The van der Waals surface area contributed by atoms with E-state index in [2.05, 4.69) is 5.32 Å². The van der Waals surface area contributed by atoms with E-state index in [0.29, 0.717) is 18.5 Å². The quantitative estimate of drug-likeness (QED) is 0.771. The first-order chi connectivity index (χ1) is 9.97. The highest BCUT2D eigenvalue weighted by Gasteiger charge is 2.26. The molecule has 1 aromatic carbocycles. The molecule has 4 N–H and O–H groups in total. The number of carboxylic acids is 1. The van der Waals surface area contributed by atoms with Crippen molar-refractivity contribution in [1.29, 1.82) is 0 Å². The number of carbonyl (C=O) groups excluding carboxylic acids is 1. The van der Waals surface area contributed by atoms with Crippen LogP contribution in [0.1, 0.15) is 47.2 Å². The first kappa shape index (κ1) is 15.5. The third kappa shape index (κ3) is 4.04. The largest absolute Gasteiger partial charge is 0.481 e. The third-order valence-electron chi connectivity index (χ3n) is 4.23. The molecule has 2 unspecified atom stereocenters. The molecule has 21 heavy (non-hydrogen) atoms. The molecule has 1 fully saturated rings. The van der Waals surface area contributed by atoms with Crippen LogP contribution in [0.4, 0.5) is 0 Å². The molecule has 5 heteroatoms. The summed E-state index contributed by atoms with van der Waals surface area (Å²) in [6.45, 7) is 2.63. The van der Waals surface area contributed by atoms with E-state index in [1.807, 2.05) is 13.0 Å². The molecule has 1 aliphatic carbocycles. The number of amides is 1. The lowest BCUT2D eigenvalue weighted by Gasteiger charge is -2.27. The molecule has 2 rings (SSSR count). The summed E-state index contributed by atoms with van der Waals surface area (Å²) >= 11 is 0. The van der Waals surface area contributed by atoms with Crippen LogP contribution in [0.3, 0.4) is 0 Å². The molecular weight excluding hydrogens is 268 g/mol. The molecule has 0 aromatic heterocycles. The van der Waals surface area contributed by atoms with Crippen LogP contribution < -0.4 is 11.1 Å². The molecule has 0 saturated heterocycles. The van der Waals surface area contributed by atoms with Crippen molar-refractivity contribution in [1.82, 2.24) is 5.32 Å². The smallest absolute Gasteiger partial charge is 0.306 e. The van der Waals surface area contributed by atoms with Crippen LogP contribution in [0, 0.1) is 12.8 Å². The average Bonchev–Trinajstić information content (AvgIpc) is 2.46. The molecule has 0 spiro atoms. The van der Waals surface area contributed by atoms with Crippen LogP contribution >= 0.6 is 0 Å². The second-order valence-electron chi connectivity index (χ2n) is 5.79. The first-order valence-electron chi connectivity index (χ1n) is 7.33. The predicted molar refractivity (Wildman–Crippen MR) is 79.9 cm³/mol. The number of carboxylic acid groups (broad SMARTS) is 1.